The first kappa shape index (κ1) is 18.9. The van der Waals surface area contributed by atoms with E-state index >= 15 is 0 Å². The third-order valence-electron chi connectivity index (χ3n) is 4.59. The van der Waals surface area contributed by atoms with E-state index in [9.17, 15) is 18.4 Å². The normalized spacial score (nSPS) is 17.3. The van der Waals surface area contributed by atoms with Crippen LogP contribution in [0.4, 0.5) is 8.78 Å². The summed E-state index contributed by atoms with van der Waals surface area (Å²) in [5.74, 6) is -1.49. The Labute approximate surface area is 154 Å². The number of likely N-dealkylation sites (tertiary alicyclic amines) is 1. The van der Waals surface area contributed by atoms with E-state index in [1.807, 2.05) is 0 Å². The molecule has 9 heteroatoms. The van der Waals surface area contributed by atoms with Gasteiger partial charge in [-0.2, -0.15) is 13.8 Å². The van der Waals surface area contributed by atoms with Crippen LogP contribution in [0.2, 0.25) is 0 Å². The number of halogens is 2. The van der Waals surface area contributed by atoms with E-state index in [4.69, 9.17) is 5.11 Å². The van der Waals surface area contributed by atoms with Crippen molar-refractivity contribution in [2.24, 2.45) is 5.92 Å². The van der Waals surface area contributed by atoms with Gasteiger partial charge in [0.1, 0.15) is 0 Å². The maximum atomic E-state index is 12.7. The minimum atomic E-state index is -2.83. The summed E-state index contributed by atoms with van der Waals surface area (Å²) >= 11 is 0. The Hall–Kier alpha value is -2.84. The molecule has 3 rings (SSSR count). The van der Waals surface area contributed by atoms with Gasteiger partial charge >= 0.3 is 12.4 Å². The molecule has 0 spiro atoms. The van der Waals surface area contributed by atoms with Crippen molar-refractivity contribution >= 4 is 11.9 Å². The van der Waals surface area contributed by atoms with Crippen molar-refractivity contribution in [1.82, 2.24) is 15.0 Å². The van der Waals surface area contributed by atoms with Crippen LogP contribution in [0.1, 0.15) is 48.4 Å². The monoisotopic (exact) mass is 379 g/mol. The van der Waals surface area contributed by atoms with E-state index in [-0.39, 0.29) is 24.1 Å². The fraction of sp³-hybridized carbons (Fsp3) is 0.444. The van der Waals surface area contributed by atoms with Crippen molar-refractivity contribution in [2.45, 2.75) is 32.1 Å². The molecule has 144 valence electrons. The van der Waals surface area contributed by atoms with Crippen molar-refractivity contribution in [3.8, 4) is 11.4 Å². The molecule has 1 fully saturated rings. The van der Waals surface area contributed by atoms with Crippen molar-refractivity contribution in [1.29, 1.82) is 0 Å². The predicted octanol–water partition coefficient (Wildman–Crippen LogP) is 3.39. The van der Waals surface area contributed by atoms with Crippen LogP contribution in [0.25, 0.3) is 11.4 Å². The van der Waals surface area contributed by atoms with Crippen molar-refractivity contribution in [2.75, 3.05) is 13.1 Å². The fourth-order valence-electron chi connectivity index (χ4n) is 3.20. The molecule has 1 aromatic heterocycles. The summed E-state index contributed by atoms with van der Waals surface area (Å²) < 4.78 is 29.5. The van der Waals surface area contributed by atoms with Crippen molar-refractivity contribution in [3.05, 3.63) is 35.7 Å². The van der Waals surface area contributed by atoms with Crippen LogP contribution < -0.4 is 0 Å². The highest BCUT2D eigenvalue weighted by Gasteiger charge is 2.25. The van der Waals surface area contributed by atoms with Crippen LogP contribution in [-0.2, 0) is 4.79 Å². The molecule has 1 atom stereocenters. The molecule has 1 aromatic carbocycles. The lowest BCUT2D eigenvalue weighted by molar-refractivity contribution is -0.137. The minimum Gasteiger partial charge on any atom is -0.481 e. The molecular weight excluding hydrogens is 360 g/mol. The quantitative estimate of drug-likeness (QED) is 0.826. The number of piperidine rings is 1. The molecule has 0 saturated carbocycles. The number of amides is 1. The zero-order valence-corrected chi connectivity index (χ0v) is 14.5. The molecule has 0 radical (unpaired) electrons. The standard InChI is InChI=1S/C18H19F2N3O4/c19-15(20)17-21-16(22-27-17)12-4-6-13(7-5-12)18(26)23-9-1-2-11(10-23)3-8-14(24)25/h4-7,11,15H,1-3,8-10H2,(H,24,25). The first-order valence-corrected chi connectivity index (χ1v) is 8.67. The summed E-state index contributed by atoms with van der Waals surface area (Å²) in [6.45, 7) is 1.17. The zero-order valence-electron chi connectivity index (χ0n) is 14.5. The molecule has 7 nitrogen and oxygen atoms in total. The van der Waals surface area contributed by atoms with Gasteiger partial charge in [0.2, 0.25) is 5.82 Å². The molecule has 0 aliphatic carbocycles. The van der Waals surface area contributed by atoms with Gasteiger partial charge in [0.25, 0.3) is 11.8 Å². The van der Waals surface area contributed by atoms with E-state index in [1.165, 1.54) is 0 Å². The molecule has 0 bridgehead atoms. The van der Waals surface area contributed by atoms with Crippen LogP contribution >= 0.6 is 0 Å². The van der Waals surface area contributed by atoms with E-state index in [0.717, 1.165) is 12.8 Å². The molecule has 2 aromatic rings. The molecule has 1 N–H and O–H groups in total. The number of hydrogen-bond acceptors (Lipinski definition) is 5. The molecule has 27 heavy (non-hydrogen) atoms. The van der Waals surface area contributed by atoms with E-state index in [2.05, 4.69) is 14.7 Å². The van der Waals surface area contributed by atoms with Crippen LogP contribution in [-0.4, -0.2) is 45.1 Å². The van der Waals surface area contributed by atoms with Gasteiger partial charge in [-0.1, -0.05) is 17.3 Å². The highest BCUT2D eigenvalue weighted by Crippen LogP contribution is 2.24. The lowest BCUT2D eigenvalue weighted by Crippen LogP contribution is -2.40. The van der Waals surface area contributed by atoms with Gasteiger partial charge in [-0.15, -0.1) is 0 Å². The fourth-order valence-corrected chi connectivity index (χ4v) is 3.20. The van der Waals surface area contributed by atoms with Gasteiger partial charge in [-0.3, -0.25) is 9.59 Å². The summed E-state index contributed by atoms with van der Waals surface area (Å²) in [5, 5.41) is 12.3. The SMILES string of the molecule is O=C(O)CCC1CCCN(C(=O)c2ccc(-c3noc(C(F)F)n3)cc2)C1. The Morgan fingerprint density at radius 3 is 2.67 bits per heavy atom. The Morgan fingerprint density at radius 1 is 1.30 bits per heavy atom. The molecule has 1 aliphatic heterocycles. The average Bonchev–Trinajstić information content (AvgIpc) is 3.17. The van der Waals surface area contributed by atoms with Crippen molar-refractivity contribution in [3.63, 3.8) is 0 Å². The summed E-state index contributed by atoms with van der Waals surface area (Å²) in [4.78, 5) is 28.8. The number of aromatic nitrogens is 2. The minimum absolute atomic E-state index is 0.0380. The number of carboxylic acid groups (broad SMARTS) is 1. The second kappa shape index (κ2) is 8.24. The second-order valence-corrected chi connectivity index (χ2v) is 6.53. The van der Waals surface area contributed by atoms with Gasteiger partial charge in [0, 0.05) is 30.6 Å². The van der Waals surface area contributed by atoms with Gasteiger partial charge in [-0.25, -0.2) is 0 Å². The topological polar surface area (TPSA) is 96.5 Å². The highest BCUT2D eigenvalue weighted by molar-refractivity contribution is 5.94. The second-order valence-electron chi connectivity index (χ2n) is 6.53. The number of rotatable bonds is 6. The molecule has 1 amide bonds. The van der Waals surface area contributed by atoms with Crippen LogP contribution in [0.5, 0.6) is 0 Å². The van der Waals surface area contributed by atoms with Gasteiger partial charge in [-0.05, 0) is 37.3 Å². The number of carbonyl (C=O) groups excluding carboxylic acids is 1. The third-order valence-corrected chi connectivity index (χ3v) is 4.59. The summed E-state index contributed by atoms with van der Waals surface area (Å²) in [6, 6.07) is 6.35. The first-order chi connectivity index (χ1) is 12.9. The zero-order chi connectivity index (χ0) is 19.4. The predicted molar refractivity (Wildman–Crippen MR) is 90.2 cm³/mol. The summed E-state index contributed by atoms with van der Waals surface area (Å²) in [5.41, 5.74) is 0.940. The van der Waals surface area contributed by atoms with Crippen LogP contribution in [0, 0.1) is 5.92 Å². The van der Waals surface area contributed by atoms with Crippen LogP contribution in [0.3, 0.4) is 0 Å². The largest absolute Gasteiger partial charge is 0.481 e. The Kier molecular flexibility index (Phi) is 5.78. The third kappa shape index (κ3) is 4.66. The highest BCUT2D eigenvalue weighted by atomic mass is 19.3. The Balaban J connectivity index is 1.65. The van der Waals surface area contributed by atoms with Crippen molar-refractivity contribution < 1.29 is 28.0 Å². The molecule has 2 heterocycles. The number of nitrogens with zero attached hydrogens (tertiary/aromatic N) is 3. The van der Waals surface area contributed by atoms with E-state index < -0.39 is 18.3 Å². The van der Waals surface area contributed by atoms with Crippen LogP contribution in [0.15, 0.2) is 28.8 Å². The Bertz CT molecular complexity index is 807. The number of benzene rings is 1. The molecular formula is C18H19F2N3O4. The average molecular weight is 379 g/mol. The lowest BCUT2D eigenvalue weighted by atomic mass is 9.93. The number of hydrogen-bond donors (Lipinski definition) is 1. The first-order valence-electron chi connectivity index (χ1n) is 8.67. The maximum absolute atomic E-state index is 12.7. The van der Waals surface area contributed by atoms with E-state index in [0.29, 0.717) is 30.6 Å². The van der Waals surface area contributed by atoms with Gasteiger partial charge in [0.05, 0.1) is 0 Å². The van der Waals surface area contributed by atoms with Gasteiger partial charge in [0.15, 0.2) is 0 Å². The summed E-state index contributed by atoms with van der Waals surface area (Å²) in [7, 11) is 0. The van der Waals surface area contributed by atoms with Gasteiger partial charge < -0.3 is 14.5 Å². The number of aliphatic carboxylic acids is 1. The molecule has 1 aliphatic rings. The number of alkyl halides is 2. The number of carboxylic acids is 1. The molecule has 1 saturated heterocycles. The Morgan fingerprint density at radius 2 is 2.04 bits per heavy atom. The number of carbonyl (C=O) groups is 2. The smallest absolute Gasteiger partial charge is 0.315 e. The summed E-state index contributed by atoms with van der Waals surface area (Å²) in [6.07, 6.45) is -0.414. The molecule has 1 unspecified atom stereocenters. The lowest BCUT2D eigenvalue weighted by Gasteiger charge is -2.32. The maximum Gasteiger partial charge on any atom is 0.315 e. The van der Waals surface area contributed by atoms with E-state index in [1.54, 1.807) is 29.2 Å².